The van der Waals surface area contributed by atoms with E-state index in [9.17, 15) is 9.18 Å². The first-order chi connectivity index (χ1) is 9.95. The molecule has 0 atom stereocenters. The lowest BCUT2D eigenvalue weighted by Gasteiger charge is -2.10. The second-order valence-electron chi connectivity index (χ2n) is 4.14. The zero-order valence-electron chi connectivity index (χ0n) is 10.7. The van der Waals surface area contributed by atoms with Crippen LogP contribution in [0.3, 0.4) is 0 Å². The fourth-order valence-electron chi connectivity index (χ4n) is 1.56. The van der Waals surface area contributed by atoms with E-state index in [1.54, 1.807) is 12.1 Å². The van der Waals surface area contributed by atoms with Crippen LogP contribution in [0.5, 0.6) is 5.75 Å². The van der Waals surface area contributed by atoms with E-state index >= 15 is 0 Å². The minimum absolute atomic E-state index is 0.245. The van der Waals surface area contributed by atoms with E-state index in [0.717, 1.165) is 0 Å². The largest absolute Gasteiger partial charge is 0.482 e. The van der Waals surface area contributed by atoms with E-state index in [1.165, 1.54) is 24.3 Å². The molecule has 0 spiro atoms. The number of nitrogen functional groups attached to an aromatic ring is 1. The predicted molar refractivity (Wildman–Crippen MR) is 84.1 cm³/mol. The molecule has 21 heavy (non-hydrogen) atoms. The summed E-state index contributed by atoms with van der Waals surface area (Å²) in [5.74, 6) is -0.620. The van der Waals surface area contributed by atoms with Gasteiger partial charge in [-0.2, -0.15) is 0 Å². The normalized spacial score (nSPS) is 10.2. The van der Waals surface area contributed by atoms with Gasteiger partial charge in [0.05, 0.1) is 15.8 Å². The molecule has 3 N–H and O–H groups in total. The van der Waals surface area contributed by atoms with Crippen molar-refractivity contribution in [3.63, 3.8) is 0 Å². The van der Waals surface area contributed by atoms with Crippen molar-refractivity contribution in [2.45, 2.75) is 0 Å². The summed E-state index contributed by atoms with van der Waals surface area (Å²) in [6, 6.07) is 8.70. The molecule has 0 aliphatic carbocycles. The zero-order valence-corrected chi connectivity index (χ0v) is 13.0. The van der Waals surface area contributed by atoms with Gasteiger partial charge in [0.2, 0.25) is 0 Å². The van der Waals surface area contributed by atoms with E-state index in [4.69, 9.17) is 22.1 Å². The number of carbonyl (C=O) groups excluding carboxylic acids is 1. The molecular formula is C14H11BrClFN2O2. The maximum atomic E-state index is 13.1. The number of halogens is 3. The van der Waals surface area contributed by atoms with Gasteiger partial charge in [0.1, 0.15) is 11.6 Å². The summed E-state index contributed by atoms with van der Waals surface area (Å²) < 4.78 is 18.9. The SMILES string of the molecule is Nc1cc(Cl)ccc1NC(=O)COc1cc(F)ccc1Br. The van der Waals surface area contributed by atoms with Crippen LogP contribution in [-0.2, 0) is 4.79 Å². The fourth-order valence-corrected chi connectivity index (χ4v) is 2.11. The van der Waals surface area contributed by atoms with Crippen LogP contribution in [0.1, 0.15) is 0 Å². The minimum Gasteiger partial charge on any atom is -0.482 e. The Balaban J connectivity index is 1.97. The van der Waals surface area contributed by atoms with Crippen LogP contribution in [0.2, 0.25) is 5.02 Å². The second kappa shape index (κ2) is 6.78. The Kier molecular flexibility index (Phi) is 5.03. The minimum atomic E-state index is -0.449. The zero-order chi connectivity index (χ0) is 15.4. The highest BCUT2D eigenvalue weighted by atomic mass is 79.9. The van der Waals surface area contributed by atoms with Gasteiger partial charge in [-0.3, -0.25) is 4.79 Å². The molecule has 110 valence electrons. The Morgan fingerprint density at radius 2 is 2.10 bits per heavy atom. The molecule has 0 fully saturated rings. The van der Waals surface area contributed by atoms with Gasteiger partial charge < -0.3 is 15.8 Å². The number of carbonyl (C=O) groups is 1. The molecule has 1 amide bonds. The van der Waals surface area contributed by atoms with Gasteiger partial charge in [-0.25, -0.2) is 4.39 Å². The number of anilines is 2. The Bertz CT molecular complexity index is 682. The molecule has 4 nitrogen and oxygen atoms in total. The van der Waals surface area contributed by atoms with Crippen molar-refractivity contribution >= 4 is 44.8 Å². The van der Waals surface area contributed by atoms with E-state index in [1.807, 2.05) is 0 Å². The van der Waals surface area contributed by atoms with E-state index in [-0.39, 0.29) is 12.4 Å². The molecule has 0 radical (unpaired) electrons. The lowest BCUT2D eigenvalue weighted by Crippen LogP contribution is -2.21. The van der Waals surface area contributed by atoms with Crippen LogP contribution < -0.4 is 15.8 Å². The Morgan fingerprint density at radius 3 is 2.81 bits per heavy atom. The van der Waals surface area contributed by atoms with E-state index < -0.39 is 11.7 Å². The van der Waals surface area contributed by atoms with Crippen LogP contribution in [0, 0.1) is 5.82 Å². The first-order valence-corrected chi connectivity index (χ1v) is 7.05. The lowest BCUT2D eigenvalue weighted by atomic mass is 10.2. The summed E-state index contributed by atoms with van der Waals surface area (Å²) in [5, 5.41) is 3.06. The number of nitrogens with one attached hydrogen (secondary N) is 1. The standard InChI is InChI=1S/C14H11BrClFN2O2/c15-10-3-2-9(17)6-13(10)21-7-14(20)19-12-4-1-8(16)5-11(12)18/h1-6H,7,18H2,(H,19,20). The summed E-state index contributed by atoms with van der Waals surface area (Å²) in [5.41, 5.74) is 6.51. The van der Waals surface area contributed by atoms with Crippen molar-refractivity contribution in [1.29, 1.82) is 0 Å². The van der Waals surface area contributed by atoms with Crippen molar-refractivity contribution in [3.05, 3.63) is 51.7 Å². The maximum Gasteiger partial charge on any atom is 0.262 e. The number of hydrogen-bond acceptors (Lipinski definition) is 3. The average Bonchev–Trinajstić information content (AvgIpc) is 2.43. The molecule has 0 aromatic heterocycles. The molecule has 0 saturated carbocycles. The first-order valence-electron chi connectivity index (χ1n) is 5.88. The van der Waals surface area contributed by atoms with E-state index in [2.05, 4.69) is 21.2 Å². The lowest BCUT2D eigenvalue weighted by molar-refractivity contribution is -0.118. The summed E-state index contributed by atoms with van der Waals surface area (Å²) in [6.45, 7) is -0.274. The van der Waals surface area contributed by atoms with Gasteiger partial charge in [-0.1, -0.05) is 11.6 Å². The summed E-state index contributed by atoms with van der Waals surface area (Å²) >= 11 is 8.98. The van der Waals surface area contributed by atoms with Gasteiger partial charge in [-0.15, -0.1) is 0 Å². The third-order valence-corrected chi connectivity index (χ3v) is 3.43. The Morgan fingerprint density at radius 1 is 1.33 bits per heavy atom. The van der Waals surface area contributed by atoms with Gasteiger partial charge in [0.25, 0.3) is 5.91 Å². The monoisotopic (exact) mass is 372 g/mol. The van der Waals surface area contributed by atoms with Gasteiger partial charge in [-0.05, 0) is 46.3 Å². The van der Waals surface area contributed by atoms with Crippen LogP contribution in [0.15, 0.2) is 40.9 Å². The van der Waals surface area contributed by atoms with Crippen LogP contribution in [0.25, 0.3) is 0 Å². The molecular weight excluding hydrogens is 363 g/mol. The number of hydrogen-bond donors (Lipinski definition) is 2. The number of amides is 1. The number of nitrogens with two attached hydrogens (primary N) is 1. The number of ether oxygens (including phenoxy) is 1. The topological polar surface area (TPSA) is 64.3 Å². The summed E-state index contributed by atoms with van der Waals surface area (Å²) in [6.07, 6.45) is 0. The molecule has 0 bridgehead atoms. The van der Waals surface area contributed by atoms with Crippen molar-refractivity contribution in [3.8, 4) is 5.75 Å². The molecule has 0 saturated heterocycles. The fraction of sp³-hybridized carbons (Fsp3) is 0.0714. The van der Waals surface area contributed by atoms with Crippen LogP contribution >= 0.6 is 27.5 Å². The summed E-state index contributed by atoms with van der Waals surface area (Å²) in [7, 11) is 0. The second-order valence-corrected chi connectivity index (χ2v) is 5.43. The van der Waals surface area contributed by atoms with Gasteiger partial charge in [0, 0.05) is 11.1 Å². The highest BCUT2D eigenvalue weighted by Crippen LogP contribution is 2.26. The Hall–Kier alpha value is -1.79. The van der Waals surface area contributed by atoms with Gasteiger partial charge >= 0.3 is 0 Å². The summed E-state index contributed by atoms with van der Waals surface area (Å²) in [4.78, 5) is 11.8. The Labute approximate surface area is 134 Å². The van der Waals surface area contributed by atoms with Crippen LogP contribution in [0.4, 0.5) is 15.8 Å². The molecule has 2 rings (SSSR count). The van der Waals surface area contributed by atoms with Crippen molar-refractivity contribution in [1.82, 2.24) is 0 Å². The third kappa shape index (κ3) is 4.34. The quantitative estimate of drug-likeness (QED) is 0.800. The molecule has 7 heteroatoms. The highest BCUT2D eigenvalue weighted by Gasteiger charge is 2.09. The molecule has 0 unspecified atom stereocenters. The van der Waals surface area contributed by atoms with E-state index in [0.29, 0.717) is 20.9 Å². The molecule has 2 aromatic rings. The maximum absolute atomic E-state index is 13.1. The molecule has 0 heterocycles. The molecule has 0 aliphatic rings. The average molecular weight is 374 g/mol. The highest BCUT2D eigenvalue weighted by molar-refractivity contribution is 9.10. The van der Waals surface area contributed by atoms with Crippen molar-refractivity contribution in [2.75, 3.05) is 17.7 Å². The predicted octanol–water partition coefficient (Wildman–Crippen LogP) is 3.84. The van der Waals surface area contributed by atoms with Crippen molar-refractivity contribution < 1.29 is 13.9 Å². The third-order valence-electron chi connectivity index (χ3n) is 2.54. The number of rotatable bonds is 4. The van der Waals surface area contributed by atoms with Gasteiger partial charge in [0.15, 0.2) is 6.61 Å². The molecule has 2 aromatic carbocycles. The smallest absolute Gasteiger partial charge is 0.262 e. The van der Waals surface area contributed by atoms with Crippen molar-refractivity contribution in [2.24, 2.45) is 0 Å². The molecule has 0 aliphatic heterocycles. The van der Waals surface area contributed by atoms with Crippen LogP contribution in [-0.4, -0.2) is 12.5 Å². The number of benzene rings is 2. The first kappa shape index (κ1) is 15.6.